The third-order valence-corrected chi connectivity index (χ3v) is 3.87. The molecule has 0 fully saturated rings. The molecule has 60 valence electrons. The number of rotatable bonds is 3. The van der Waals surface area contributed by atoms with E-state index >= 15 is 0 Å². The van der Waals surface area contributed by atoms with Crippen LogP contribution in [0.2, 0.25) is 0 Å². The molecule has 0 unspecified atom stereocenters. The Bertz CT molecular complexity index is 229. The molecule has 4 heteroatoms. The smallest absolute Gasteiger partial charge is 0.110 e. The zero-order chi connectivity index (χ0) is 8.10. The fraction of sp³-hybridized carbons (Fsp3) is 0.286. The van der Waals surface area contributed by atoms with Gasteiger partial charge in [0.25, 0.3) is 0 Å². The predicted molar refractivity (Wildman–Crippen MR) is 56.5 cm³/mol. The molecule has 0 atom stereocenters. The maximum Gasteiger partial charge on any atom is 0.110 e. The summed E-state index contributed by atoms with van der Waals surface area (Å²) in [5.74, 6) is 1.05. The molecule has 1 aromatic heterocycles. The van der Waals surface area contributed by atoms with Crippen LogP contribution in [0.25, 0.3) is 0 Å². The molecule has 0 aliphatic rings. The second-order valence-electron chi connectivity index (χ2n) is 1.83. The van der Waals surface area contributed by atoms with Crippen molar-refractivity contribution in [2.24, 2.45) is 0 Å². The zero-order valence-electron chi connectivity index (χ0n) is 5.76. The average molecular weight is 297 g/mol. The third-order valence-electron chi connectivity index (χ3n) is 1.04. The van der Waals surface area contributed by atoms with Gasteiger partial charge in [0.1, 0.15) is 5.03 Å². The van der Waals surface area contributed by atoms with Gasteiger partial charge in [0.2, 0.25) is 0 Å². The minimum Gasteiger partial charge on any atom is -0.249 e. The van der Waals surface area contributed by atoms with Crippen LogP contribution in [-0.2, 0) is 0 Å². The van der Waals surface area contributed by atoms with Crippen LogP contribution >= 0.6 is 43.6 Å². The van der Waals surface area contributed by atoms with Gasteiger partial charge in [-0.15, -0.1) is 11.8 Å². The molecule has 0 radical (unpaired) electrons. The van der Waals surface area contributed by atoms with E-state index in [4.69, 9.17) is 0 Å². The summed E-state index contributed by atoms with van der Waals surface area (Å²) in [6, 6.07) is 3.92. The monoisotopic (exact) mass is 295 g/mol. The first-order valence-electron chi connectivity index (χ1n) is 3.14. The highest BCUT2D eigenvalue weighted by molar-refractivity contribution is 9.10. The quantitative estimate of drug-likeness (QED) is 0.627. The molecule has 0 N–H and O–H groups in total. The minimum atomic E-state index is 1.00. The van der Waals surface area contributed by atoms with E-state index in [1.54, 1.807) is 18.0 Å². The standard InChI is InChI=1S/C7H7Br2NS/c8-3-5-11-7-6(9)2-1-4-10-7/h1-2,4H,3,5H2. The molecule has 1 rings (SSSR count). The Balaban J connectivity index is 2.62. The van der Waals surface area contributed by atoms with Crippen LogP contribution in [0.3, 0.4) is 0 Å². The van der Waals surface area contributed by atoms with Crippen LogP contribution in [0.5, 0.6) is 0 Å². The lowest BCUT2D eigenvalue weighted by Gasteiger charge is -1.99. The van der Waals surface area contributed by atoms with Gasteiger partial charge < -0.3 is 0 Å². The Morgan fingerprint density at radius 3 is 3.00 bits per heavy atom. The molecule has 0 aliphatic carbocycles. The first kappa shape index (κ1) is 9.55. The number of hydrogen-bond donors (Lipinski definition) is 0. The lowest BCUT2D eigenvalue weighted by atomic mass is 10.5. The molecule has 0 saturated carbocycles. The number of aromatic nitrogens is 1. The van der Waals surface area contributed by atoms with E-state index in [2.05, 4.69) is 36.8 Å². The van der Waals surface area contributed by atoms with Gasteiger partial charge in [-0.25, -0.2) is 4.98 Å². The molecular formula is C7H7Br2NS. The van der Waals surface area contributed by atoms with Gasteiger partial charge in [-0.1, -0.05) is 15.9 Å². The van der Waals surface area contributed by atoms with Crippen LogP contribution < -0.4 is 0 Å². The fourth-order valence-corrected chi connectivity index (χ4v) is 2.31. The molecule has 0 amide bonds. The summed E-state index contributed by atoms with van der Waals surface area (Å²) in [6.45, 7) is 0. The molecule has 1 nitrogen and oxygen atoms in total. The Labute approximate surface area is 87.2 Å². The van der Waals surface area contributed by atoms with E-state index in [1.165, 1.54) is 0 Å². The number of halogens is 2. The summed E-state index contributed by atoms with van der Waals surface area (Å²) in [6.07, 6.45) is 1.81. The molecule has 1 heterocycles. The summed E-state index contributed by atoms with van der Waals surface area (Å²) >= 11 is 8.54. The molecule has 11 heavy (non-hydrogen) atoms. The number of nitrogens with zero attached hydrogens (tertiary/aromatic N) is 1. The fourth-order valence-electron chi connectivity index (χ4n) is 0.613. The SMILES string of the molecule is BrCCSc1ncccc1Br. The van der Waals surface area contributed by atoms with Crippen molar-refractivity contribution in [3.8, 4) is 0 Å². The highest BCUT2D eigenvalue weighted by Crippen LogP contribution is 2.24. The maximum atomic E-state index is 4.21. The van der Waals surface area contributed by atoms with Crippen molar-refractivity contribution >= 4 is 43.6 Å². The molecule has 0 spiro atoms. The van der Waals surface area contributed by atoms with E-state index in [-0.39, 0.29) is 0 Å². The molecular weight excluding hydrogens is 290 g/mol. The topological polar surface area (TPSA) is 12.9 Å². The van der Waals surface area contributed by atoms with E-state index in [9.17, 15) is 0 Å². The van der Waals surface area contributed by atoms with Crippen molar-refractivity contribution in [1.29, 1.82) is 0 Å². The highest BCUT2D eigenvalue weighted by Gasteiger charge is 1.98. The van der Waals surface area contributed by atoms with Gasteiger partial charge in [0.05, 0.1) is 0 Å². The summed E-state index contributed by atoms with van der Waals surface area (Å²) in [7, 11) is 0. The van der Waals surface area contributed by atoms with E-state index in [0.29, 0.717) is 0 Å². The summed E-state index contributed by atoms with van der Waals surface area (Å²) in [5, 5.41) is 2.06. The first-order chi connectivity index (χ1) is 5.34. The van der Waals surface area contributed by atoms with Gasteiger partial charge in [-0.2, -0.15) is 0 Å². The van der Waals surface area contributed by atoms with Crippen LogP contribution in [0.1, 0.15) is 0 Å². The Morgan fingerprint density at radius 2 is 2.36 bits per heavy atom. The number of pyridine rings is 1. The largest absolute Gasteiger partial charge is 0.249 e. The van der Waals surface area contributed by atoms with E-state index < -0.39 is 0 Å². The normalized spacial score (nSPS) is 10.0. The summed E-state index contributed by atoms with van der Waals surface area (Å²) in [4.78, 5) is 4.21. The lowest BCUT2D eigenvalue weighted by Crippen LogP contribution is -1.83. The van der Waals surface area contributed by atoms with Gasteiger partial charge >= 0.3 is 0 Å². The number of hydrogen-bond acceptors (Lipinski definition) is 2. The van der Waals surface area contributed by atoms with Crippen molar-refractivity contribution in [2.75, 3.05) is 11.1 Å². The molecule has 0 aliphatic heterocycles. The van der Waals surface area contributed by atoms with E-state index in [1.807, 2.05) is 12.1 Å². The van der Waals surface area contributed by atoms with Crippen molar-refractivity contribution < 1.29 is 0 Å². The van der Waals surface area contributed by atoms with Crippen molar-refractivity contribution in [3.05, 3.63) is 22.8 Å². The van der Waals surface area contributed by atoms with Crippen molar-refractivity contribution in [3.63, 3.8) is 0 Å². The highest BCUT2D eigenvalue weighted by atomic mass is 79.9. The lowest BCUT2D eigenvalue weighted by molar-refractivity contribution is 1.11. The second-order valence-corrected chi connectivity index (χ2v) is 4.56. The van der Waals surface area contributed by atoms with Crippen LogP contribution in [0, 0.1) is 0 Å². The van der Waals surface area contributed by atoms with Crippen LogP contribution in [0.4, 0.5) is 0 Å². The first-order valence-corrected chi connectivity index (χ1v) is 6.04. The molecule has 0 aromatic carbocycles. The van der Waals surface area contributed by atoms with Crippen LogP contribution in [0.15, 0.2) is 27.8 Å². The minimum absolute atomic E-state index is 1.00. The zero-order valence-corrected chi connectivity index (χ0v) is 9.75. The second kappa shape index (κ2) is 5.17. The Kier molecular flexibility index (Phi) is 4.48. The average Bonchev–Trinajstić information content (AvgIpc) is 2.03. The maximum absolute atomic E-state index is 4.21. The van der Waals surface area contributed by atoms with Crippen molar-refractivity contribution in [2.45, 2.75) is 5.03 Å². The van der Waals surface area contributed by atoms with Gasteiger partial charge in [-0.3, -0.25) is 0 Å². The van der Waals surface area contributed by atoms with Crippen LogP contribution in [-0.4, -0.2) is 16.1 Å². The Morgan fingerprint density at radius 1 is 1.55 bits per heavy atom. The van der Waals surface area contributed by atoms with Gasteiger partial charge in [-0.05, 0) is 28.1 Å². The summed E-state index contributed by atoms with van der Waals surface area (Å²) in [5.41, 5.74) is 0. The van der Waals surface area contributed by atoms with E-state index in [0.717, 1.165) is 20.6 Å². The predicted octanol–water partition coefficient (Wildman–Crippen LogP) is 3.33. The summed E-state index contributed by atoms with van der Waals surface area (Å²) < 4.78 is 1.07. The Hall–Kier alpha value is 0.460. The number of alkyl halides is 1. The molecule has 0 bridgehead atoms. The molecule has 0 saturated heterocycles. The van der Waals surface area contributed by atoms with Gasteiger partial charge in [0.15, 0.2) is 0 Å². The van der Waals surface area contributed by atoms with Gasteiger partial charge in [0, 0.05) is 21.8 Å². The number of thioether (sulfide) groups is 1. The molecule has 1 aromatic rings. The van der Waals surface area contributed by atoms with Crippen molar-refractivity contribution in [1.82, 2.24) is 4.98 Å². The third kappa shape index (κ3) is 3.13.